The Balaban J connectivity index is 1.90. The predicted octanol–water partition coefficient (Wildman–Crippen LogP) is 2.94. The fourth-order valence-corrected chi connectivity index (χ4v) is 3.69. The number of nitrogens with zero attached hydrogens (tertiary/aromatic N) is 3. The van der Waals surface area contributed by atoms with Crippen molar-refractivity contribution in [3.8, 4) is 11.4 Å². The second-order valence-electron chi connectivity index (χ2n) is 8.10. The average molecular weight is 560 g/mol. The normalized spacial score (nSPS) is 13.1. The Kier molecular flexibility index (Phi) is 9.12. The van der Waals surface area contributed by atoms with Crippen molar-refractivity contribution in [2.75, 3.05) is 6.54 Å². The van der Waals surface area contributed by atoms with E-state index in [1.165, 1.54) is 42.5 Å². The maximum absolute atomic E-state index is 14.4. The SMILES string of the molecule is O=C(O)NCCC(NC(=O)Cn1nc(-c2ccc(Cl)cc2)n(C[C@H](O)C(F)(F)F)c1=O)c1ccccc1F. The van der Waals surface area contributed by atoms with Crippen molar-refractivity contribution in [3.63, 3.8) is 0 Å². The van der Waals surface area contributed by atoms with E-state index in [0.717, 1.165) is 6.07 Å². The van der Waals surface area contributed by atoms with Gasteiger partial charge in [-0.15, -0.1) is 5.10 Å². The van der Waals surface area contributed by atoms with Crippen LogP contribution < -0.4 is 16.3 Å². The molecule has 0 spiro atoms. The number of rotatable bonds is 10. The lowest BCUT2D eigenvalue weighted by atomic mass is 10.0. The maximum Gasteiger partial charge on any atom is 0.416 e. The quantitative estimate of drug-likeness (QED) is 0.282. The van der Waals surface area contributed by atoms with Crippen LogP contribution in [-0.4, -0.2) is 55.4 Å². The summed E-state index contributed by atoms with van der Waals surface area (Å²) in [6, 6.07) is 10.1. The fraction of sp³-hybridized carbons (Fsp3) is 0.304. The van der Waals surface area contributed by atoms with Crippen LogP contribution in [0.25, 0.3) is 11.4 Å². The van der Waals surface area contributed by atoms with Gasteiger partial charge in [-0.2, -0.15) is 13.2 Å². The summed E-state index contributed by atoms with van der Waals surface area (Å²) < 4.78 is 54.6. The molecule has 1 aromatic heterocycles. The summed E-state index contributed by atoms with van der Waals surface area (Å²) in [7, 11) is 0. The van der Waals surface area contributed by atoms with Gasteiger partial charge in [-0.05, 0) is 36.8 Å². The molecule has 10 nitrogen and oxygen atoms in total. The average Bonchev–Trinajstić information content (AvgIpc) is 3.13. The molecule has 3 aromatic rings. The molecule has 2 amide bonds. The molecule has 4 N–H and O–H groups in total. The molecular weight excluding hydrogens is 538 g/mol. The van der Waals surface area contributed by atoms with Gasteiger partial charge >= 0.3 is 18.0 Å². The molecule has 3 rings (SSSR count). The number of carbonyl (C=O) groups excluding carboxylic acids is 1. The number of carbonyl (C=O) groups is 2. The van der Waals surface area contributed by atoms with Gasteiger partial charge in [0.15, 0.2) is 11.9 Å². The monoisotopic (exact) mass is 559 g/mol. The standard InChI is InChI=1S/C23H22ClF4N5O5/c24-14-7-5-13(6-8-14)20-31-33(22(38)32(20)11-18(34)23(26,27)28)12-19(35)30-17(9-10-29-21(36)37)15-3-1-2-4-16(15)25/h1-8,17-18,29,34H,9-12H2,(H,30,35)(H,36,37)/t17?,18-/m0/s1. The maximum atomic E-state index is 14.4. The first-order chi connectivity index (χ1) is 17.9. The Morgan fingerprint density at radius 3 is 2.37 bits per heavy atom. The minimum Gasteiger partial charge on any atom is -0.465 e. The van der Waals surface area contributed by atoms with Gasteiger partial charge in [-0.3, -0.25) is 9.36 Å². The summed E-state index contributed by atoms with van der Waals surface area (Å²) in [5.74, 6) is -1.76. The van der Waals surface area contributed by atoms with Crippen LogP contribution in [0.1, 0.15) is 18.0 Å². The smallest absolute Gasteiger partial charge is 0.416 e. The first kappa shape index (κ1) is 28.7. The number of aliphatic hydroxyl groups excluding tert-OH is 1. The highest BCUT2D eigenvalue weighted by molar-refractivity contribution is 6.30. The van der Waals surface area contributed by atoms with Crippen LogP contribution >= 0.6 is 11.6 Å². The Labute approximate surface area is 217 Å². The molecule has 0 aliphatic carbocycles. The number of hydrogen-bond donors (Lipinski definition) is 4. The summed E-state index contributed by atoms with van der Waals surface area (Å²) >= 11 is 5.85. The fourth-order valence-electron chi connectivity index (χ4n) is 3.56. The van der Waals surface area contributed by atoms with E-state index in [-0.39, 0.29) is 29.9 Å². The van der Waals surface area contributed by atoms with Crippen molar-refractivity contribution < 1.29 is 37.4 Å². The number of halogens is 5. The Morgan fingerprint density at radius 1 is 1.11 bits per heavy atom. The minimum absolute atomic E-state index is 0.0455. The zero-order chi connectivity index (χ0) is 28.0. The van der Waals surface area contributed by atoms with Crippen molar-refractivity contribution in [2.24, 2.45) is 0 Å². The van der Waals surface area contributed by atoms with Gasteiger partial charge < -0.3 is 20.8 Å². The van der Waals surface area contributed by atoms with E-state index >= 15 is 0 Å². The second kappa shape index (κ2) is 12.1. The van der Waals surface area contributed by atoms with E-state index in [1.807, 2.05) is 0 Å². The molecule has 15 heteroatoms. The topological polar surface area (TPSA) is 138 Å². The summed E-state index contributed by atoms with van der Waals surface area (Å²) in [6.07, 6.45) is -9.27. The number of hydrogen-bond acceptors (Lipinski definition) is 5. The van der Waals surface area contributed by atoms with Crippen molar-refractivity contribution in [2.45, 2.75) is 37.8 Å². The molecular formula is C23H22ClF4N5O5. The Hall–Kier alpha value is -3.91. The van der Waals surface area contributed by atoms with Gasteiger partial charge in [0.2, 0.25) is 5.91 Å². The van der Waals surface area contributed by atoms with E-state index < -0.39 is 54.9 Å². The molecule has 38 heavy (non-hydrogen) atoms. The number of carboxylic acid groups (broad SMARTS) is 1. The predicted molar refractivity (Wildman–Crippen MR) is 127 cm³/mol. The molecule has 204 valence electrons. The molecule has 0 bridgehead atoms. The summed E-state index contributed by atoms with van der Waals surface area (Å²) in [5, 5.41) is 27.3. The van der Waals surface area contributed by atoms with Crippen LogP contribution in [0.15, 0.2) is 53.3 Å². The van der Waals surface area contributed by atoms with Gasteiger partial charge in [0.05, 0.1) is 12.6 Å². The van der Waals surface area contributed by atoms with Crippen molar-refractivity contribution in [1.82, 2.24) is 25.0 Å². The van der Waals surface area contributed by atoms with E-state index in [1.54, 1.807) is 0 Å². The third kappa shape index (κ3) is 7.32. The molecule has 0 saturated carbocycles. The van der Waals surface area contributed by atoms with E-state index in [9.17, 15) is 37.1 Å². The Morgan fingerprint density at radius 2 is 1.76 bits per heavy atom. The Bertz CT molecular complexity index is 1340. The van der Waals surface area contributed by atoms with Gasteiger partial charge in [0.1, 0.15) is 12.4 Å². The second-order valence-corrected chi connectivity index (χ2v) is 8.54. The van der Waals surface area contributed by atoms with Crippen LogP contribution in [0.2, 0.25) is 5.02 Å². The van der Waals surface area contributed by atoms with Crippen LogP contribution in [0.4, 0.5) is 22.4 Å². The molecule has 1 heterocycles. The first-order valence-corrected chi connectivity index (χ1v) is 11.4. The minimum atomic E-state index is -5.02. The largest absolute Gasteiger partial charge is 0.465 e. The molecule has 0 aliphatic rings. The third-order valence-electron chi connectivity index (χ3n) is 5.38. The lowest BCUT2D eigenvalue weighted by Crippen LogP contribution is -2.39. The highest BCUT2D eigenvalue weighted by atomic mass is 35.5. The summed E-state index contributed by atoms with van der Waals surface area (Å²) in [5.41, 5.74) is -0.853. The van der Waals surface area contributed by atoms with Crippen LogP contribution in [0, 0.1) is 5.82 Å². The summed E-state index contributed by atoms with van der Waals surface area (Å²) in [4.78, 5) is 36.5. The van der Waals surface area contributed by atoms with E-state index in [2.05, 4.69) is 15.7 Å². The van der Waals surface area contributed by atoms with Crippen molar-refractivity contribution >= 4 is 23.6 Å². The number of alkyl halides is 3. The number of amides is 2. The summed E-state index contributed by atoms with van der Waals surface area (Å²) in [6.45, 7) is -2.08. The van der Waals surface area contributed by atoms with Gasteiger partial charge in [0.25, 0.3) is 0 Å². The lowest BCUT2D eigenvalue weighted by Gasteiger charge is -2.19. The van der Waals surface area contributed by atoms with Gasteiger partial charge in [-0.1, -0.05) is 29.8 Å². The van der Waals surface area contributed by atoms with Crippen LogP contribution in [0.3, 0.4) is 0 Å². The molecule has 2 atom stereocenters. The van der Waals surface area contributed by atoms with Crippen LogP contribution in [0.5, 0.6) is 0 Å². The molecule has 0 radical (unpaired) electrons. The number of benzene rings is 2. The third-order valence-corrected chi connectivity index (χ3v) is 5.63. The number of aliphatic hydroxyl groups is 1. The highest BCUT2D eigenvalue weighted by Crippen LogP contribution is 2.24. The zero-order valence-corrected chi connectivity index (χ0v) is 20.2. The van der Waals surface area contributed by atoms with Crippen molar-refractivity contribution in [3.05, 3.63) is 75.4 Å². The van der Waals surface area contributed by atoms with Crippen LogP contribution in [-0.2, 0) is 17.9 Å². The first-order valence-electron chi connectivity index (χ1n) is 11.1. The number of aromatic nitrogens is 3. The molecule has 0 aliphatic heterocycles. The highest BCUT2D eigenvalue weighted by Gasteiger charge is 2.39. The van der Waals surface area contributed by atoms with Gasteiger partial charge in [-0.25, -0.2) is 18.7 Å². The molecule has 0 fully saturated rings. The van der Waals surface area contributed by atoms with E-state index in [0.29, 0.717) is 14.3 Å². The van der Waals surface area contributed by atoms with E-state index in [4.69, 9.17) is 16.7 Å². The number of nitrogens with one attached hydrogen (secondary N) is 2. The zero-order valence-electron chi connectivity index (χ0n) is 19.5. The van der Waals surface area contributed by atoms with Gasteiger partial charge in [0, 0.05) is 22.7 Å². The van der Waals surface area contributed by atoms with Crippen molar-refractivity contribution in [1.29, 1.82) is 0 Å². The molecule has 1 unspecified atom stereocenters. The lowest BCUT2D eigenvalue weighted by molar-refractivity contribution is -0.207. The molecule has 0 saturated heterocycles. The molecule has 2 aromatic carbocycles.